The smallest absolute Gasteiger partial charge is 0.243 e. The Labute approximate surface area is 94.9 Å². The molecule has 0 unspecified atom stereocenters. The van der Waals surface area contributed by atoms with E-state index in [2.05, 4.69) is 11.9 Å². The topological polar surface area (TPSA) is 47.6 Å². The molecule has 1 aromatic carbocycles. The molecule has 0 fully saturated rings. The molecular weight excluding hydrogens is 206 g/mol. The molecule has 1 aromatic rings. The number of methoxy groups -OCH3 is 2. The van der Waals surface area contributed by atoms with Gasteiger partial charge < -0.3 is 14.8 Å². The van der Waals surface area contributed by atoms with E-state index in [0.717, 1.165) is 11.3 Å². The van der Waals surface area contributed by atoms with Gasteiger partial charge in [-0.15, -0.1) is 0 Å². The Bertz CT molecular complexity index is 388. The summed E-state index contributed by atoms with van der Waals surface area (Å²) in [5.74, 6) is 1.19. The molecule has 0 saturated heterocycles. The zero-order valence-electron chi connectivity index (χ0n) is 9.45. The van der Waals surface area contributed by atoms with Crippen molar-refractivity contribution < 1.29 is 14.3 Å². The molecule has 1 amide bonds. The van der Waals surface area contributed by atoms with Crippen LogP contribution in [0.2, 0.25) is 0 Å². The van der Waals surface area contributed by atoms with Crippen molar-refractivity contribution in [2.24, 2.45) is 0 Å². The van der Waals surface area contributed by atoms with Gasteiger partial charge in [-0.1, -0.05) is 6.58 Å². The average molecular weight is 221 g/mol. The van der Waals surface area contributed by atoms with Crippen molar-refractivity contribution in [1.82, 2.24) is 5.32 Å². The summed E-state index contributed by atoms with van der Waals surface area (Å²) in [4.78, 5) is 11.0. The first kappa shape index (κ1) is 12.1. The highest BCUT2D eigenvalue weighted by Crippen LogP contribution is 2.24. The fourth-order valence-electron chi connectivity index (χ4n) is 1.25. The lowest BCUT2D eigenvalue weighted by Crippen LogP contribution is -2.20. The highest BCUT2D eigenvalue weighted by atomic mass is 16.5. The number of carbonyl (C=O) groups excluding carboxylic acids is 1. The molecule has 0 aliphatic carbocycles. The van der Waals surface area contributed by atoms with Crippen molar-refractivity contribution in [3.63, 3.8) is 0 Å². The minimum atomic E-state index is -0.210. The number of benzene rings is 1. The molecule has 86 valence electrons. The summed E-state index contributed by atoms with van der Waals surface area (Å²) < 4.78 is 10.3. The largest absolute Gasteiger partial charge is 0.497 e. The Hall–Kier alpha value is -1.97. The number of hydrogen-bond donors (Lipinski definition) is 1. The molecule has 4 heteroatoms. The number of nitrogens with one attached hydrogen (secondary N) is 1. The molecule has 0 saturated carbocycles. The third-order valence-corrected chi connectivity index (χ3v) is 2.13. The maximum Gasteiger partial charge on any atom is 0.243 e. The number of amides is 1. The molecule has 1 N–H and O–H groups in total. The lowest BCUT2D eigenvalue weighted by atomic mass is 10.2. The van der Waals surface area contributed by atoms with E-state index in [1.807, 2.05) is 12.1 Å². The van der Waals surface area contributed by atoms with Crippen molar-refractivity contribution in [3.05, 3.63) is 36.4 Å². The molecule has 0 atom stereocenters. The molecule has 4 nitrogen and oxygen atoms in total. The second kappa shape index (κ2) is 5.80. The van der Waals surface area contributed by atoms with Crippen LogP contribution in [0.1, 0.15) is 5.56 Å². The molecule has 0 aliphatic heterocycles. The maximum atomic E-state index is 11.0. The molecule has 0 aromatic heterocycles. The molecule has 0 bridgehead atoms. The highest BCUT2D eigenvalue weighted by molar-refractivity contribution is 5.86. The van der Waals surface area contributed by atoms with E-state index in [1.54, 1.807) is 20.3 Å². The van der Waals surface area contributed by atoms with Crippen LogP contribution in [-0.4, -0.2) is 20.1 Å². The first-order valence-corrected chi connectivity index (χ1v) is 4.82. The number of carbonyl (C=O) groups is 1. The van der Waals surface area contributed by atoms with Gasteiger partial charge in [0.1, 0.15) is 11.5 Å². The Kier molecular flexibility index (Phi) is 4.39. The predicted molar refractivity (Wildman–Crippen MR) is 61.6 cm³/mol. The highest BCUT2D eigenvalue weighted by Gasteiger charge is 2.05. The lowest BCUT2D eigenvalue weighted by molar-refractivity contribution is -0.116. The summed E-state index contributed by atoms with van der Waals surface area (Å²) in [6.07, 6.45) is 1.23. The van der Waals surface area contributed by atoms with Crippen LogP contribution in [0.15, 0.2) is 30.9 Å². The summed E-state index contributed by atoms with van der Waals surface area (Å²) in [5, 5.41) is 2.68. The van der Waals surface area contributed by atoms with E-state index in [1.165, 1.54) is 6.08 Å². The minimum absolute atomic E-state index is 0.210. The Balaban J connectivity index is 2.79. The zero-order chi connectivity index (χ0) is 12.0. The van der Waals surface area contributed by atoms with Gasteiger partial charge in [0.05, 0.1) is 14.2 Å². The van der Waals surface area contributed by atoms with E-state index in [-0.39, 0.29) is 5.91 Å². The zero-order valence-corrected chi connectivity index (χ0v) is 9.45. The van der Waals surface area contributed by atoms with Crippen LogP contribution in [0.25, 0.3) is 0 Å². The van der Waals surface area contributed by atoms with Gasteiger partial charge in [0.15, 0.2) is 0 Å². The number of ether oxygens (including phenoxy) is 2. The quantitative estimate of drug-likeness (QED) is 0.766. The van der Waals surface area contributed by atoms with E-state index in [0.29, 0.717) is 12.3 Å². The summed E-state index contributed by atoms with van der Waals surface area (Å²) in [7, 11) is 3.17. The lowest BCUT2D eigenvalue weighted by Gasteiger charge is -2.10. The van der Waals surface area contributed by atoms with Crippen LogP contribution in [0.5, 0.6) is 11.5 Å². The first-order chi connectivity index (χ1) is 7.71. The first-order valence-electron chi connectivity index (χ1n) is 4.82. The number of hydrogen-bond acceptors (Lipinski definition) is 3. The minimum Gasteiger partial charge on any atom is -0.497 e. The van der Waals surface area contributed by atoms with E-state index in [4.69, 9.17) is 9.47 Å². The van der Waals surface area contributed by atoms with Gasteiger partial charge in [0.2, 0.25) is 5.91 Å². The Morgan fingerprint density at radius 3 is 2.75 bits per heavy atom. The molecule has 16 heavy (non-hydrogen) atoms. The predicted octanol–water partition coefficient (Wildman–Crippen LogP) is 1.51. The second-order valence-electron chi connectivity index (χ2n) is 3.10. The van der Waals surface area contributed by atoms with Crippen molar-refractivity contribution >= 4 is 5.91 Å². The third kappa shape index (κ3) is 3.02. The van der Waals surface area contributed by atoms with Crippen LogP contribution >= 0.6 is 0 Å². The molecular formula is C12H15NO3. The van der Waals surface area contributed by atoms with E-state index < -0.39 is 0 Å². The van der Waals surface area contributed by atoms with Crippen LogP contribution in [0, 0.1) is 0 Å². The second-order valence-corrected chi connectivity index (χ2v) is 3.10. The van der Waals surface area contributed by atoms with Crippen molar-refractivity contribution in [2.75, 3.05) is 14.2 Å². The number of rotatable bonds is 5. The monoisotopic (exact) mass is 221 g/mol. The third-order valence-electron chi connectivity index (χ3n) is 2.13. The summed E-state index contributed by atoms with van der Waals surface area (Å²) in [6.45, 7) is 3.78. The average Bonchev–Trinajstić information content (AvgIpc) is 2.35. The van der Waals surface area contributed by atoms with Gasteiger partial charge in [0.25, 0.3) is 0 Å². The van der Waals surface area contributed by atoms with Gasteiger partial charge >= 0.3 is 0 Å². The standard InChI is InChI=1S/C12H15NO3/c1-4-12(14)13-8-9-5-6-10(15-2)7-11(9)16-3/h4-7H,1,8H2,2-3H3,(H,13,14). The fraction of sp³-hybridized carbons (Fsp3) is 0.250. The van der Waals surface area contributed by atoms with Crippen LogP contribution in [0.4, 0.5) is 0 Å². The summed E-state index contributed by atoms with van der Waals surface area (Å²) >= 11 is 0. The molecule has 0 radical (unpaired) electrons. The summed E-state index contributed by atoms with van der Waals surface area (Å²) in [5.41, 5.74) is 0.888. The van der Waals surface area contributed by atoms with E-state index in [9.17, 15) is 4.79 Å². The molecule has 0 aliphatic rings. The van der Waals surface area contributed by atoms with Gasteiger partial charge in [-0.05, 0) is 18.2 Å². The normalized spacial score (nSPS) is 9.38. The molecule has 0 spiro atoms. The van der Waals surface area contributed by atoms with Crippen LogP contribution in [0.3, 0.4) is 0 Å². The van der Waals surface area contributed by atoms with Crippen molar-refractivity contribution in [1.29, 1.82) is 0 Å². The van der Waals surface area contributed by atoms with Gasteiger partial charge in [-0.25, -0.2) is 0 Å². The van der Waals surface area contributed by atoms with Crippen LogP contribution < -0.4 is 14.8 Å². The van der Waals surface area contributed by atoms with Gasteiger partial charge in [-0.3, -0.25) is 4.79 Å². The molecule has 1 rings (SSSR count). The van der Waals surface area contributed by atoms with Gasteiger partial charge in [-0.2, -0.15) is 0 Å². The molecule has 0 heterocycles. The Morgan fingerprint density at radius 2 is 2.19 bits per heavy atom. The SMILES string of the molecule is C=CC(=O)NCc1ccc(OC)cc1OC. The Morgan fingerprint density at radius 1 is 1.44 bits per heavy atom. The van der Waals surface area contributed by atoms with Crippen molar-refractivity contribution in [3.8, 4) is 11.5 Å². The van der Waals surface area contributed by atoms with Crippen molar-refractivity contribution in [2.45, 2.75) is 6.54 Å². The fourth-order valence-corrected chi connectivity index (χ4v) is 1.25. The van der Waals surface area contributed by atoms with E-state index >= 15 is 0 Å². The maximum absolute atomic E-state index is 11.0. The van der Waals surface area contributed by atoms with Crippen LogP contribution in [-0.2, 0) is 11.3 Å². The summed E-state index contributed by atoms with van der Waals surface area (Å²) in [6, 6.07) is 5.44. The van der Waals surface area contributed by atoms with Gasteiger partial charge in [0, 0.05) is 18.2 Å².